The molecule has 0 saturated heterocycles. The average molecular weight is 283 g/mol. The minimum atomic E-state index is 0.0781. The molecular formula is C12H15BrN2O. The maximum atomic E-state index is 12.2. The number of carbonyl (C=O) groups excluding carboxylic acids is 1. The lowest BCUT2D eigenvalue weighted by Crippen LogP contribution is -2.33. The van der Waals surface area contributed by atoms with Gasteiger partial charge in [-0.3, -0.25) is 4.79 Å². The first-order chi connectivity index (χ1) is 7.72. The third kappa shape index (κ3) is 2.61. The minimum Gasteiger partial charge on any atom is -0.339 e. The summed E-state index contributed by atoms with van der Waals surface area (Å²) in [4.78, 5) is 18.2. The Morgan fingerprint density at radius 3 is 2.94 bits per heavy atom. The lowest BCUT2D eigenvalue weighted by atomic mass is 10.2. The van der Waals surface area contributed by atoms with Gasteiger partial charge < -0.3 is 4.90 Å². The second-order valence-corrected chi connectivity index (χ2v) is 4.88. The molecule has 3 nitrogen and oxygen atoms in total. The molecule has 0 aromatic carbocycles. The quantitative estimate of drug-likeness (QED) is 0.796. The maximum Gasteiger partial charge on any atom is 0.256 e. The second-order valence-electron chi connectivity index (χ2n) is 4.13. The largest absolute Gasteiger partial charge is 0.339 e. The zero-order valence-electron chi connectivity index (χ0n) is 9.32. The molecule has 0 spiro atoms. The van der Waals surface area contributed by atoms with E-state index in [4.69, 9.17) is 0 Å². The normalized spacial score (nSPS) is 14.9. The van der Waals surface area contributed by atoms with Crippen LogP contribution in [0.3, 0.4) is 0 Å². The lowest BCUT2D eigenvalue weighted by molar-refractivity contribution is 0.0755. The fourth-order valence-electron chi connectivity index (χ4n) is 1.68. The average Bonchev–Trinajstić information content (AvgIpc) is 3.09. The van der Waals surface area contributed by atoms with Crippen molar-refractivity contribution in [3.63, 3.8) is 0 Å². The molecule has 4 heteroatoms. The third-order valence-corrected chi connectivity index (χ3v) is 3.47. The molecule has 1 aliphatic carbocycles. The first-order valence-corrected chi connectivity index (χ1v) is 6.41. The summed E-state index contributed by atoms with van der Waals surface area (Å²) in [6.45, 7) is 3.66. The van der Waals surface area contributed by atoms with E-state index in [1.165, 1.54) is 12.8 Å². The van der Waals surface area contributed by atoms with Crippen molar-refractivity contribution >= 4 is 21.8 Å². The van der Waals surface area contributed by atoms with E-state index in [2.05, 4.69) is 20.9 Å². The van der Waals surface area contributed by atoms with Crippen LogP contribution in [0, 0.1) is 5.92 Å². The van der Waals surface area contributed by atoms with Gasteiger partial charge in [-0.05, 0) is 53.7 Å². The summed E-state index contributed by atoms with van der Waals surface area (Å²) in [7, 11) is 0. The van der Waals surface area contributed by atoms with Gasteiger partial charge in [0, 0.05) is 19.3 Å². The van der Waals surface area contributed by atoms with Gasteiger partial charge in [-0.25, -0.2) is 4.98 Å². The van der Waals surface area contributed by atoms with Crippen molar-refractivity contribution in [2.24, 2.45) is 5.92 Å². The number of pyridine rings is 1. The van der Waals surface area contributed by atoms with E-state index in [0.717, 1.165) is 19.0 Å². The summed E-state index contributed by atoms with van der Waals surface area (Å²) in [5, 5.41) is 0. The van der Waals surface area contributed by atoms with Crippen LogP contribution in [0.2, 0.25) is 0 Å². The Labute approximate surface area is 104 Å². The predicted molar refractivity (Wildman–Crippen MR) is 66.2 cm³/mol. The smallest absolute Gasteiger partial charge is 0.256 e. The van der Waals surface area contributed by atoms with Gasteiger partial charge in [0.2, 0.25) is 0 Å². The molecule has 1 aromatic rings. The van der Waals surface area contributed by atoms with Crippen molar-refractivity contribution < 1.29 is 4.79 Å². The van der Waals surface area contributed by atoms with Crippen molar-refractivity contribution in [2.45, 2.75) is 19.8 Å². The molecule has 1 amide bonds. The molecule has 0 radical (unpaired) electrons. The van der Waals surface area contributed by atoms with Crippen molar-refractivity contribution in [3.8, 4) is 0 Å². The highest BCUT2D eigenvalue weighted by Crippen LogP contribution is 2.30. The SMILES string of the molecule is CCN(CC1CC1)C(=O)c1cccnc1Br. The molecule has 0 atom stereocenters. The number of amides is 1. The van der Waals surface area contributed by atoms with Crippen molar-refractivity contribution in [2.75, 3.05) is 13.1 Å². The zero-order valence-corrected chi connectivity index (χ0v) is 10.9. The lowest BCUT2D eigenvalue weighted by Gasteiger charge is -2.20. The molecular weight excluding hydrogens is 268 g/mol. The van der Waals surface area contributed by atoms with Crippen LogP contribution in [0.25, 0.3) is 0 Å². The second kappa shape index (κ2) is 4.95. The monoisotopic (exact) mass is 282 g/mol. The summed E-state index contributed by atoms with van der Waals surface area (Å²) in [5.74, 6) is 0.800. The Kier molecular flexibility index (Phi) is 3.59. The number of carbonyl (C=O) groups is 1. The Bertz CT molecular complexity index is 390. The van der Waals surface area contributed by atoms with Crippen molar-refractivity contribution in [1.29, 1.82) is 0 Å². The summed E-state index contributed by atoms with van der Waals surface area (Å²) in [5.41, 5.74) is 0.657. The standard InChI is InChI=1S/C12H15BrN2O/c1-2-15(8-9-5-6-9)12(16)10-4-3-7-14-11(10)13/h3-4,7,9H,2,5-6,8H2,1H3. The molecule has 1 fully saturated rings. The van der Waals surface area contributed by atoms with Gasteiger partial charge in [0.1, 0.15) is 4.60 Å². The van der Waals surface area contributed by atoms with Crippen LogP contribution in [0.15, 0.2) is 22.9 Å². The Morgan fingerprint density at radius 2 is 2.38 bits per heavy atom. The van der Waals surface area contributed by atoms with E-state index >= 15 is 0 Å². The van der Waals surface area contributed by atoms with E-state index in [0.29, 0.717) is 10.2 Å². The third-order valence-electron chi connectivity index (χ3n) is 2.83. The van der Waals surface area contributed by atoms with Crippen LogP contribution < -0.4 is 0 Å². The van der Waals surface area contributed by atoms with Gasteiger partial charge in [0.25, 0.3) is 5.91 Å². The first-order valence-electron chi connectivity index (χ1n) is 5.62. The molecule has 16 heavy (non-hydrogen) atoms. The zero-order chi connectivity index (χ0) is 11.5. The predicted octanol–water partition coefficient (Wildman–Crippen LogP) is 2.72. The molecule has 0 unspecified atom stereocenters. The Hall–Kier alpha value is -0.900. The first kappa shape index (κ1) is 11.6. The van der Waals surface area contributed by atoms with Gasteiger partial charge in [-0.2, -0.15) is 0 Å². The van der Waals surface area contributed by atoms with Crippen LogP contribution in [0.4, 0.5) is 0 Å². The van der Waals surface area contributed by atoms with Crippen LogP contribution in [0.1, 0.15) is 30.1 Å². The molecule has 2 rings (SSSR count). The summed E-state index contributed by atoms with van der Waals surface area (Å²) in [6.07, 6.45) is 4.20. The van der Waals surface area contributed by atoms with E-state index in [1.807, 2.05) is 17.9 Å². The highest BCUT2D eigenvalue weighted by atomic mass is 79.9. The van der Waals surface area contributed by atoms with Crippen molar-refractivity contribution in [3.05, 3.63) is 28.5 Å². The topological polar surface area (TPSA) is 33.2 Å². The Morgan fingerprint density at radius 1 is 1.62 bits per heavy atom. The highest BCUT2D eigenvalue weighted by Gasteiger charge is 2.27. The fraction of sp³-hybridized carbons (Fsp3) is 0.500. The van der Waals surface area contributed by atoms with Crippen LogP contribution in [-0.2, 0) is 0 Å². The van der Waals surface area contributed by atoms with E-state index in [9.17, 15) is 4.79 Å². The summed E-state index contributed by atoms with van der Waals surface area (Å²) >= 11 is 3.32. The molecule has 1 aliphatic rings. The number of nitrogens with zero attached hydrogens (tertiary/aromatic N) is 2. The number of hydrogen-bond donors (Lipinski definition) is 0. The van der Waals surface area contributed by atoms with Gasteiger partial charge in [0.15, 0.2) is 0 Å². The molecule has 1 heterocycles. The molecule has 0 aliphatic heterocycles. The Balaban J connectivity index is 2.12. The number of hydrogen-bond acceptors (Lipinski definition) is 2. The maximum absolute atomic E-state index is 12.2. The van der Waals surface area contributed by atoms with Crippen molar-refractivity contribution in [1.82, 2.24) is 9.88 Å². The van der Waals surface area contributed by atoms with Gasteiger partial charge >= 0.3 is 0 Å². The molecule has 1 saturated carbocycles. The molecule has 86 valence electrons. The van der Waals surface area contributed by atoms with Crippen LogP contribution >= 0.6 is 15.9 Å². The van der Waals surface area contributed by atoms with Crippen LogP contribution in [-0.4, -0.2) is 28.9 Å². The van der Waals surface area contributed by atoms with Gasteiger partial charge in [0.05, 0.1) is 5.56 Å². The molecule has 0 N–H and O–H groups in total. The van der Waals surface area contributed by atoms with E-state index in [1.54, 1.807) is 12.3 Å². The highest BCUT2D eigenvalue weighted by molar-refractivity contribution is 9.10. The summed E-state index contributed by atoms with van der Waals surface area (Å²) in [6, 6.07) is 3.61. The van der Waals surface area contributed by atoms with Gasteiger partial charge in [-0.1, -0.05) is 0 Å². The number of rotatable bonds is 4. The fourth-order valence-corrected chi connectivity index (χ4v) is 2.10. The van der Waals surface area contributed by atoms with E-state index < -0.39 is 0 Å². The summed E-state index contributed by atoms with van der Waals surface area (Å²) < 4.78 is 0.634. The molecule has 1 aromatic heterocycles. The van der Waals surface area contributed by atoms with Crippen LogP contribution in [0.5, 0.6) is 0 Å². The van der Waals surface area contributed by atoms with E-state index in [-0.39, 0.29) is 5.91 Å². The molecule has 0 bridgehead atoms. The van der Waals surface area contributed by atoms with Gasteiger partial charge in [-0.15, -0.1) is 0 Å². The number of aromatic nitrogens is 1. The minimum absolute atomic E-state index is 0.0781. The number of halogens is 1.